The third-order valence-electron chi connectivity index (χ3n) is 2.93. The van der Waals surface area contributed by atoms with Gasteiger partial charge in [0.2, 0.25) is 0 Å². The van der Waals surface area contributed by atoms with Crippen LogP contribution < -0.4 is 15.2 Å². The van der Waals surface area contributed by atoms with Crippen molar-refractivity contribution >= 4 is 0 Å². The Kier molecular flexibility index (Phi) is 2.82. The summed E-state index contributed by atoms with van der Waals surface area (Å²) >= 11 is 0. The molecule has 0 aromatic heterocycles. The normalized spacial score (nSPS) is 17.3. The molecule has 1 fully saturated rings. The fourth-order valence-corrected chi connectivity index (χ4v) is 1.80. The van der Waals surface area contributed by atoms with E-state index in [1.807, 2.05) is 18.2 Å². The molecule has 1 aromatic rings. The Morgan fingerprint density at radius 3 is 2.53 bits per heavy atom. The molecule has 0 aliphatic heterocycles. The van der Waals surface area contributed by atoms with Crippen LogP contribution in [0.2, 0.25) is 0 Å². The largest absolute Gasteiger partial charge is 0.497 e. The van der Waals surface area contributed by atoms with Crippen molar-refractivity contribution in [3.8, 4) is 11.5 Å². The lowest BCUT2D eigenvalue weighted by Crippen LogP contribution is -2.13. The molecule has 0 bridgehead atoms. The SMILES string of the molecule is COc1ccc(C(N)C2CC2)c(OC)c1. The third-order valence-corrected chi connectivity index (χ3v) is 2.93. The second-order valence-corrected chi connectivity index (χ2v) is 3.97. The van der Waals surface area contributed by atoms with Crippen LogP contribution in [0.5, 0.6) is 11.5 Å². The summed E-state index contributed by atoms with van der Waals surface area (Å²) in [6.45, 7) is 0. The van der Waals surface area contributed by atoms with Crippen LogP contribution in [0.15, 0.2) is 18.2 Å². The maximum Gasteiger partial charge on any atom is 0.127 e. The zero-order chi connectivity index (χ0) is 10.8. The Hall–Kier alpha value is -1.22. The van der Waals surface area contributed by atoms with E-state index in [4.69, 9.17) is 15.2 Å². The van der Waals surface area contributed by atoms with E-state index in [0.717, 1.165) is 17.1 Å². The molecule has 1 unspecified atom stereocenters. The highest BCUT2D eigenvalue weighted by atomic mass is 16.5. The molecule has 1 saturated carbocycles. The summed E-state index contributed by atoms with van der Waals surface area (Å²) in [7, 11) is 3.31. The standard InChI is InChI=1S/C12H17NO2/c1-14-9-5-6-10(11(7-9)15-2)12(13)8-3-4-8/h5-8,12H,3-4,13H2,1-2H3. The number of rotatable bonds is 4. The average molecular weight is 207 g/mol. The summed E-state index contributed by atoms with van der Waals surface area (Å²) in [5.41, 5.74) is 7.23. The molecule has 15 heavy (non-hydrogen) atoms. The number of hydrogen-bond donors (Lipinski definition) is 1. The van der Waals surface area contributed by atoms with E-state index >= 15 is 0 Å². The van der Waals surface area contributed by atoms with Crippen LogP contribution in [0.3, 0.4) is 0 Å². The first-order chi connectivity index (χ1) is 7.26. The van der Waals surface area contributed by atoms with Crippen LogP contribution in [0, 0.1) is 5.92 Å². The monoisotopic (exact) mass is 207 g/mol. The Bertz CT molecular complexity index is 347. The summed E-state index contributed by atoms with van der Waals surface area (Å²) in [5.74, 6) is 2.26. The van der Waals surface area contributed by atoms with Gasteiger partial charge >= 0.3 is 0 Å². The van der Waals surface area contributed by atoms with E-state index in [9.17, 15) is 0 Å². The van der Waals surface area contributed by atoms with Gasteiger partial charge in [0.1, 0.15) is 11.5 Å². The predicted octanol–water partition coefficient (Wildman–Crippen LogP) is 2.11. The Morgan fingerprint density at radius 1 is 1.27 bits per heavy atom. The van der Waals surface area contributed by atoms with Crippen LogP contribution in [0.1, 0.15) is 24.4 Å². The highest BCUT2D eigenvalue weighted by Gasteiger charge is 2.31. The van der Waals surface area contributed by atoms with Crippen molar-refractivity contribution in [2.45, 2.75) is 18.9 Å². The molecule has 0 spiro atoms. The van der Waals surface area contributed by atoms with E-state index in [1.54, 1.807) is 14.2 Å². The van der Waals surface area contributed by atoms with Gasteiger partial charge in [-0.05, 0) is 24.8 Å². The number of hydrogen-bond acceptors (Lipinski definition) is 3. The van der Waals surface area contributed by atoms with E-state index in [2.05, 4.69) is 0 Å². The molecule has 1 aliphatic carbocycles. The maximum atomic E-state index is 6.15. The Morgan fingerprint density at radius 2 is 2.00 bits per heavy atom. The molecular weight excluding hydrogens is 190 g/mol. The van der Waals surface area contributed by atoms with Crippen molar-refractivity contribution in [3.63, 3.8) is 0 Å². The molecule has 3 nitrogen and oxygen atoms in total. The minimum Gasteiger partial charge on any atom is -0.497 e. The molecule has 0 saturated heterocycles. The molecule has 1 aromatic carbocycles. The highest BCUT2D eigenvalue weighted by molar-refractivity contribution is 5.42. The summed E-state index contributed by atoms with van der Waals surface area (Å²) in [5, 5.41) is 0. The van der Waals surface area contributed by atoms with Crippen molar-refractivity contribution in [2.75, 3.05) is 14.2 Å². The second-order valence-electron chi connectivity index (χ2n) is 3.97. The van der Waals surface area contributed by atoms with Gasteiger partial charge in [0, 0.05) is 17.7 Å². The first-order valence-corrected chi connectivity index (χ1v) is 5.23. The maximum absolute atomic E-state index is 6.15. The zero-order valence-electron chi connectivity index (χ0n) is 9.19. The Balaban J connectivity index is 2.28. The molecule has 3 heteroatoms. The molecular formula is C12H17NO2. The van der Waals surface area contributed by atoms with Crippen molar-refractivity contribution < 1.29 is 9.47 Å². The second kappa shape index (κ2) is 4.11. The molecule has 0 radical (unpaired) electrons. The lowest BCUT2D eigenvalue weighted by atomic mass is 10.0. The van der Waals surface area contributed by atoms with Crippen LogP contribution in [0.25, 0.3) is 0 Å². The lowest BCUT2D eigenvalue weighted by Gasteiger charge is -2.15. The molecule has 0 heterocycles. The fraction of sp³-hybridized carbons (Fsp3) is 0.500. The minimum atomic E-state index is 0.103. The van der Waals surface area contributed by atoms with Gasteiger partial charge in [0.05, 0.1) is 14.2 Å². The van der Waals surface area contributed by atoms with Gasteiger partial charge in [-0.25, -0.2) is 0 Å². The van der Waals surface area contributed by atoms with Crippen molar-refractivity contribution in [3.05, 3.63) is 23.8 Å². The van der Waals surface area contributed by atoms with Gasteiger partial charge in [-0.2, -0.15) is 0 Å². The predicted molar refractivity (Wildman–Crippen MR) is 59.2 cm³/mol. The summed E-state index contributed by atoms with van der Waals surface area (Å²) in [6.07, 6.45) is 2.46. The summed E-state index contributed by atoms with van der Waals surface area (Å²) in [4.78, 5) is 0. The summed E-state index contributed by atoms with van der Waals surface area (Å²) in [6, 6.07) is 5.92. The van der Waals surface area contributed by atoms with Gasteiger partial charge in [0.25, 0.3) is 0 Å². The quantitative estimate of drug-likeness (QED) is 0.822. The summed E-state index contributed by atoms with van der Waals surface area (Å²) < 4.78 is 10.5. The van der Waals surface area contributed by atoms with Crippen molar-refractivity contribution in [2.24, 2.45) is 11.7 Å². The minimum absolute atomic E-state index is 0.103. The van der Waals surface area contributed by atoms with Crippen LogP contribution in [0.4, 0.5) is 0 Å². The molecule has 0 amide bonds. The first-order valence-electron chi connectivity index (χ1n) is 5.23. The van der Waals surface area contributed by atoms with Crippen LogP contribution >= 0.6 is 0 Å². The number of nitrogens with two attached hydrogens (primary N) is 1. The molecule has 1 atom stereocenters. The van der Waals surface area contributed by atoms with E-state index in [0.29, 0.717) is 5.92 Å². The Labute approximate surface area is 90.2 Å². The van der Waals surface area contributed by atoms with Crippen molar-refractivity contribution in [1.29, 1.82) is 0 Å². The smallest absolute Gasteiger partial charge is 0.127 e. The number of benzene rings is 1. The van der Waals surface area contributed by atoms with Gasteiger partial charge in [0.15, 0.2) is 0 Å². The third kappa shape index (κ3) is 2.07. The number of ether oxygens (including phenoxy) is 2. The van der Waals surface area contributed by atoms with Crippen molar-refractivity contribution in [1.82, 2.24) is 0 Å². The zero-order valence-corrected chi connectivity index (χ0v) is 9.19. The highest BCUT2D eigenvalue weighted by Crippen LogP contribution is 2.42. The van der Waals surface area contributed by atoms with E-state index in [1.165, 1.54) is 12.8 Å². The molecule has 82 valence electrons. The number of methoxy groups -OCH3 is 2. The van der Waals surface area contributed by atoms with Crippen LogP contribution in [-0.2, 0) is 0 Å². The van der Waals surface area contributed by atoms with Crippen LogP contribution in [-0.4, -0.2) is 14.2 Å². The average Bonchev–Trinajstić information content (AvgIpc) is 3.11. The fourth-order valence-electron chi connectivity index (χ4n) is 1.80. The van der Waals surface area contributed by atoms with E-state index < -0.39 is 0 Å². The molecule has 2 N–H and O–H groups in total. The first kappa shape index (κ1) is 10.3. The van der Waals surface area contributed by atoms with Gasteiger partial charge in [-0.1, -0.05) is 6.07 Å². The van der Waals surface area contributed by atoms with Gasteiger partial charge < -0.3 is 15.2 Å². The topological polar surface area (TPSA) is 44.5 Å². The van der Waals surface area contributed by atoms with Gasteiger partial charge in [-0.3, -0.25) is 0 Å². The lowest BCUT2D eigenvalue weighted by molar-refractivity contribution is 0.386. The molecule has 2 rings (SSSR count). The van der Waals surface area contributed by atoms with E-state index in [-0.39, 0.29) is 6.04 Å². The van der Waals surface area contributed by atoms with Gasteiger partial charge in [-0.15, -0.1) is 0 Å². The molecule has 1 aliphatic rings.